The first-order valence-corrected chi connectivity index (χ1v) is 5.14. The Labute approximate surface area is 94.4 Å². The van der Waals surface area contributed by atoms with E-state index < -0.39 is 17.4 Å². The zero-order valence-electron chi connectivity index (χ0n) is 9.60. The molecule has 1 aromatic rings. The Hall–Kier alpha value is -1.55. The highest BCUT2D eigenvalue weighted by Crippen LogP contribution is 2.43. The third-order valence-corrected chi connectivity index (χ3v) is 3.12. The molecule has 0 radical (unpaired) electrons. The van der Waals surface area contributed by atoms with Gasteiger partial charge in [0.1, 0.15) is 0 Å². The predicted octanol–water partition coefficient (Wildman–Crippen LogP) is 1.69. The SMILES string of the molecule is CN1C(=O)OC(C)(C)C1(O)c1ccccc1. The van der Waals surface area contributed by atoms with E-state index in [2.05, 4.69) is 0 Å². The third kappa shape index (κ3) is 1.23. The second-order valence-corrected chi connectivity index (χ2v) is 4.48. The monoisotopic (exact) mass is 221 g/mol. The van der Waals surface area contributed by atoms with Crippen molar-refractivity contribution in [3.05, 3.63) is 35.9 Å². The van der Waals surface area contributed by atoms with Gasteiger partial charge in [-0.25, -0.2) is 4.79 Å². The van der Waals surface area contributed by atoms with E-state index >= 15 is 0 Å². The van der Waals surface area contributed by atoms with E-state index in [1.807, 2.05) is 18.2 Å². The van der Waals surface area contributed by atoms with Crippen molar-refractivity contribution in [3.63, 3.8) is 0 Å². The van der Waals surface area contributed by atoms with Crippen LogP contribution in [0.15, 0.2) is 30.3 Å². The standard InChI is InChI=1S/C12H15NO3/c1-11(2)12(15,13(3)10(14)16-11)9-7-5-4-6-8-9/h4-8,15H,1-3H3. The first-order chi connectivity index (χ1) is 7.39. The molecule has 0 aliphatic carbocycles. The summed E-state index contributed by atoms with van der Waals surface area (Å²) in [7, 11) is 1.53. The highest BCUT2D eigenvalue weighted by atomic mass is 16.6. The van der Waals surface area contributed by atoms with E-state index in [0.717, 1.165) is 0 Å². The Bertz CT molecular complexity index is 416. The normalized spacial score (nSPS) is 28.0. The van der Waals surface area contributed by atoms with Crippen LogP contribution in [0.4, 0.5) is 4.79 Å². The lowest BCUT2D eigenvalue weighted by Gasteiger charge is -2.36. The number of ether oxygens (including phenoxy) is 1. The van der Waals surface area contributed by atoms with E-state index in [1.165, 1.54) is 11.9 Å². The van der Waals surface area contributed by atoms with Crippen LogP contribution in [-0.2, 0) is 10.5 Å². The van der Waals surface area contributed by atoms with Gasteiger partial charge >= 0.3 is 6.09 Å². The summed E-state index contributed by atoms with van der Waals surface area (Å²) < 4.78 is 5.17. The number of rotatable bonds is 1. The van der Waals surface area contributed by atoms with Crippen LogP contribution in [0.25, 0.3) is 0 Å². The van der Waals surface area contributed by atoms with Gasteiger partial charge in [-0.2, -0.15) is 0 Å². The molecule has 1 aromatic carbocycles. The fourth-order valence-corrected chi connectivity index (χ4v) is 2.11. The molecule has 0 bridgehead atoms. The van der Waals surface area contributed by atoms with Crippen molar-refractivity contribution in [1.82, 2.24) is 4.90 Å². The molecule has 1 atom stereocenters. The van der Waals surface area contributed by atoms with Gasteiger partial charge in [-0.15, -0.1) is 0 Å². The number of amides is 1. The molecule has 1 amide bonds. The molecular weight excluding hydrogens is 206 g/mol. The Morgan fingerprint density at radius 1 is 1.25 bits per heavy atom. The molecule has 1 saturated heterocycles. The fourth-order valence-electron chi connectivity index (χ4n) is 2.11. The van der Waals surface area contributed by atoms with Crippen molar-refractivity contribution in [2.75, 3.05) is 7.05 Å². The van der Waals surface area contributed by atoms with E-state index in [-0.39, 0.29) is 0 Å². The zero-order chi connectivity index (χ0) is 12.0. The van der Waals surface area contributed by atoms with Crippen LogP contribution in [0.2, 0.25) is 0 Å². The number of carbonyl (C=O) groups is 1. The first kappa shape index (κ1) is 11.0. The van der Waals surface area contributed by atoms with Crippen molar-refractivity contribution in [2.45, 2.75) is 25.2 Å². The fraction of sp³-hybridized carbons (Fsp3) is 0.417. The maximum atomic E-state index is 11.5. The Morgan fingerprint density at radius 3 is 2.25 bits per heavy atom. The molecule has 4 nitrogen and oxygen atoms in total. The summed E-state index contributed by atoms with van der Waals surface area (Å²) in [6.45, 7) is 3.39. The van der Waals surface area contributed by atoms with Gasteiger partial charge in [0, 0.05) is 12.6 Å². The lowest BCUT2D eigenvalue weighted by Crippen LogP contribution is -2.51. The zero-order valence-corrected chi connectivity index (χ0v) is 9.60. The molecular formula is C12H15NO3. The molecule has 1 aliphatic rings. The molecule has 0 spiro atoms. The minimum absolute atomic E-state index is 0.517. The average Bonchev–Trinajstić information content (AvgIpc) is 2.41. The molecule has 4 heteroatoms. The van der Waals surface area contributed by atoms with Crippen molar-refractivity contribution >= 4 is 6.09 Å². The van der Waals surface area contributed by atoms with E-state index in [4.69, 9.17) is 4.74 Å². The molecule has 1 N–H and O–H groups in total. The number of hydrogen-bond donors (Lipinski definition) is 1. The second kappa shape index (κ2) is 3.22. The van der Waals surface area contributed by atoms with E-state index in [1.54, 1.807) is 26.0 Å². The van der Waals surface area contributed by atoms with Crippen molar-refractivity contribution in [3.8, 4) is 0 Å². The van der Waals surface area contributed by atoms with Crippen LogP contribution >= 0.6 is 0 Å². The number of nitrogens with zero attached hydrogens (tertiary/aromatic N) is 1. The topological polar surface area (TPSA) is 49.8 Å². The molecule has 0 aromatic heterocycles. The summed E-state index contributed by atoms with van der Waals surface area (Å²) in [5.41, 5.74) is -1.75. The minimum atomic E-state index is -1.43. The second-order valence-electron chi connectivity index (χ2n) is 4.48. The largest absolute Gasteiger partial charge is 0.438 e. The van der Waals surface area contributed by atoms with Crippen molar-refractivity contribution in [1.29, 1.82) is 0 Å². The van der Waals surface area contributed by atoms with Gasteiger partial charge in [0.15, 0.2) is 5.60 Å². The molecule has 1 aliphatic heterocycles. The number of likely N-dealkylation sites (N-methyl/N-ethyl adjacent to an activating group) is 1. The number of benzene rings is 1. The molecule has 0 saturated carbocycles. The van der Waals surface area contributed by atoms with Crippen LogP contribution in [-0.4, -0.2) is 28.7 Å². The lowest BCUT2D eigenvalue weighted by molar-refractivity contribution is -0.142. The lowest BCUT2D eigenvalue weighted by atomic mass is 9.87. The van der Waals surface area contributed by atoms with Gasteiger partial charge in [-0.05, 0) is 13.8 Å². The summed E-state index contributed by atoms with van der Waals surface area (Å²) in [6, 6.07) is 9.05. The molecule has 1 fully saturated rings. The Kier molecular flexibility index (Phi) is 2.20. The van der Waals surface area contributed by atoms with Gasteiger partial charge in [0.05, 0.1) is 0 Å². The predicted molar refractivity (Wildman–Crippen MR) is 58.7 cm³/mol. The molecule has 1 unspecified atom stereocenters. The van der Waals surface area contributed by atoms with Crippen LogP contribution in [0, 0.1) is 0 Å². The summed E-state index contributed by atoms with van der Waals surface area (Å²) in [4.78, 5) is 12.7. The summed E-state index contributed by atoms with van der Waals surface area (Å²) in [5, 5.41) is 10.7. The number of hydrogen-bond acceptors (Lipinski definition) is 3. The highest BCUT2D eigenvalue weighted by Gasteiger charge is 2.59. The smallest absolute Gasteiger partial charge is 0.412 e. The van der Waals surface area contributed by atoms with Crippen LogP contribution in [0.5, 0.6) is 0 Å². The van der Waals surface area contributed by atoms with Crippen LogP contribution in [0.3, 0.4) is 0 Å². The van der Waals surface area contributed by atoms with Gasteiger partial charge in [0.2, 0.25) is 5.72 Å². The van der Waals surface area contributed by atoms with E-state index in [0.29, 0.717) is 5.56 Å². The number of aliphatic hydroxyl groups is 1. The molecule has 2 rings (SSSR count). The summed E-state index contributed by atoms with van der Waals surface area (Å²) in [5.74, 6) is 0. The Morgan fingerprint density at radius 2 is 1.81 bits per heavy atom. The third-order valence-electron chi connectivity index (χ3n) is 3.12. The summed E-state index contributed by atoms with van der Waals surface area (Å²) in [6.07, 6.45) is -0.517. The molecule has 1 heterocycles. The van der Waals surface area contributed by atoms with Crippen LogP contribution in [0.1, 0.15) is 19.4 Å². The van der Waals surface area contributed by atoms with Crippen LogP contribution < -0.4 is 0 Å². The molecule has 16 heavy (non-hydrogen) atoms. The van der Waals surface area contributed by atoms with E-state index in [9.17, 15) is 9.90 Å². The number of cyclic esters (lactones) is 1. The van der Waals surface area contributed by atoms with Crippen molar-refractivity contribution in [2.24, 2.45) is 0 Å². The van der Waals surface area contributed by atoms with Gasteiger partial charge in [-0.3, -0.25) is 4.90 Å². The van der Waals surface area contributed by atoms with Gasteiger partial charge in [0.25, 0.3) is 0 Å². The van der Waals surface area contributed by atoms with Gasteiger partial charge in [-0.1, -0.05) is 30.3 Å². The molecule has 86 valence electrons. The van der Waals surface area contributed by atoms with Gasteiger partial charge < -0.3 is 9.84 Å². The minimum Gasteiger partial charge on any atom is -0.438 e. The average molecular weight is 221 g/mol. The first-order valence-electron chi connectivity index (χ1n) is 5.14. The maximum Gasteiger partial charge on any atom is 0.412 e. The quantitative estimate of drug-likeness (QED) is 0.785. The van der Waals surface area contributed by atoms with Crippen molar-refractivity contribution < 1.29 is 14.6 Å². The Balaban J connectivity index is 2.55. The maximum absolute atomic E-state index is 11.5. The summed E-state index contributed by atoms with van der Waals surface area (Å²) >= 11 is 0. The number of carbonyl (C=O) groups excluding carboxylic acids is 1. The highest BCUT2D eigenvalue weighted by molar-refractivity contribution is 5.72.